The Balaban J connectivity index is 2.11. The highest BCUT2D eigenvalue weighted by atomic mass is 19.4. The van der Waals surface area contributed by atoms with Gasteiger partial charge >= 0.3 is 6.18 Å². The molecule has 102 valence electrons. The molecule has 0 aromatic heterocycles. The summed E-state index contributed by atoms with van der Waals surface area (Å²) in [6, 6.07) is 0.265. The number of hydrogen-bond donors (Lipinski definition) is 1. The molecular weight excluding hydrogens is 229 g/mol. The molecule has 0 atom stereocenters. The van der Waals surface area contributed by atoms with Gasteiger partial charge in [-0.1, -0.05) is 13.8 Å². The quantitative estimate of drug-likeness (QED) is 0.809. The molecule has 2 nitrogen and oxygen atoms in total. The van der Waals surface area contributed by atoms with Crippen LogP contribution in [0.25, 0.3) is 0 Å². The third-order valence-corrected chi connectivity index (χ3v) is 3.05. The van der Waals surface area contributed by atoms with Gasteiger partial charge in [-0.15, -0.1) is 0 Å². The van der Waals surface area contributed by atoms with Gasteiger partial charge in [-0.25, -0.2) is 0 Å². The predicted octanol–water partition coefficient (Wildman–Crippen LogP) is 2.65. The van der Waals surface area contributed by atoms with Gasteiger partial charge < -0.3 is 10.2 Å². The van der Waals surface area contributed by atoms with Gasteiger partial charge in [0.05, 0.1) is 6.42 Å². The van der Waals surface area contributed by atoms with Gasteiger partial charge in [0.15, 0.2) is 0 Å². The summed E-state index contributed by atoms with van der Waals surface area (Å²) in [6.45, 7) is 7.53. The Morgan fingerprint density at radius 2 is 1.82 bits per heavy atom. The molecule has 1 aliphatic rings. The van der Waals surface area contributed by atoms with Gasteiger partial charge in [0.2, 0.25) is 0 Å². The largest absolute Gasteiger partial charge is 0.390 e. The number of piperidine rings is 1. The van der Waals surface area contributed by atoms with E-state index in [4.69, 9.17) is 0 Å². The Morgan fingerprint density at radius 3 is 2.29 bits per heavy atom. The van der Waals surface area contributed by atoms with Crippen molar-refractivity contribution in [3.05, 3.63) is 0 Å². The van der Waals surface area contributed by atoms with Crippen molar-refractivity contribution in [3.8, 4) is 0 Å². The van der Waals surface area contributed by atoms with Crippen molar-refractivity contribution in [2.45, 2.75) is 45.3 Å². The number of nitrogens with zero attached hydrogens (tertiary/aromatic N) is 1. The van der Waals surface area contributed by atoms with Crippen LogP contribution in [-0.4, -0.2) is 43.3 Å². The second kappa shape index (κ2) is 6.59. The van der Waals surface area contributed by atoms with Crippen molar-refractivity contribution < 1.29 is 13.2 Å². The lowest BCUT2D eigenvalue weighted by Crippen LogP contribution is -2.44. The van der Waals surface area contributed by atoms with Crippen molar-refractivity contribution in [1.29, 1.82) is 0 Å². The molecule has 1 N–H and O–H groups in total. The third-order valence-electron chi connectivity index (χ3n) is 3.05. The first-order chi connectivity index (χ1) is 7.87. The van der Waals surface area contributed by atoms with Crippen LogP contribution in [0.2, 0.25) is 0 Å². The van der Waals surface area contributed by atoms with Crippen LogP contribution < -0.4 is 5.32 Å². The van der Waals surface area contributed by atoms with Crippen molar-refractivity contribution in [2.24, 2.45) is 5.92 Å². The molecule has 0 bridgehead atoms. The molecule has 0 saturated carbocycles. The molecule has 1 aliphatic heterocycles. The molecule has 0 unspecified atom stereocenters. The maximum absolute atomic E-state index is 12.0. The molecule has 0 aromatic carbocycles. The minimum atomic E-state index is -4.04. The van der Waals surface area contributed by atoms with E-state index in [0.717, 1.165) is 32.5 Å². The second-order valence-electron chi connectivity index (χ2n) is 5.29. The smallest absolute Gasteiger partial charge is 0.314 e. The normalized spacial score (nSPS) is 20.1. The monoisotopic (exact) mass is 252 g/mol. The zero-order valence-corrected chi connectivity index (χ0v) is 10.7. The Bertz CT molecular complexity index is 208. The first-order valence-corrected chi connectivity index (χ1v) is 6.39. The Morgan fingerprint density at radius 1 is 1.24 bits per heavy atom. The van der Waals surface area contributed by atoms with Gasteiger partial charge in [0.1, 0.15) is 0 Å². The number of rotatable bonds is 5. The molecule has 1 heterocycles. The highest BCUT2D eigenvalue weighted by Crippen LogP contribution is 2.19. The molecule has 0 radical (unpaired) electrons. The molecule has 1 rings (SSSR count). The van der Waals surface area contributed by atoms with Gasteiger partial charge in [0.25, 0.3) is 0 Å². The number of likely N-dealkylation sites (tertiary alicyclic amines) is 1. The van der Waals surface area contributed by atoms with Crippen LogP contribution >= 0.6 is 0 Å². The minimum absolute atomic E-state index is 0.0539. The van der Waals surface area contributed by atoms with Crippen molar-refractivity contribution in [3.63, 3.8) is 0 Å². The zero-order valence-electron chi connectivity index (χ0n) is 10.7. The topological polar surface area (TPSA) is 15.3 Å². The molecule has 0 aromatic rings. The summed E-state index contributed by atoms with van der Waals surface area (Å²) in [5.74, 6) is 0.657. The lowest BCUT2D eigenvalue weighted by molar-refractivity contribution is -0.133. The van der Waals surface area contributed by atoms with E-state index < -0.39 is 12.6 Å². The molecule has 0 aliphatic carbocycles. The van der Waals surface area contributed by atoms with Crippen LogP contribution in [0.4, 0.5) is 13.2 Å². The number of hydrogen-bond acceptors (Lipinski definition) is 2. The Kier molecular flexibility index (Phi) is 5.73. The SMILES string of the molecule is CC(C)CN1CCC(NCCC(F)(F)F)CC1. The average molecular weight is 252 g/mol. The van der Waals surface area contributed by atoms with E-state index in [9.17, 15) is 13.2 Å². The Labute approximate surface area is 102 Å². The van der Waals surface area contributed by atoms with E-state index in [1.807, 2.05) is 0 Å². The van der Waals surface area contributed by atoms with Crippen molar-refractivity contribution >= 4 is 0 Å². The first kappa shape index (κ1) is 14.8. The molecule has 1 fully saturated rings. The molecular formula is C12H23F3N2. The fourth-order valence-corrected chi connectivity index (χ4v) is 2.25. The number of nitrogens with one attached hydrogen (secondary N) is 1. The molecule has 1 saturated heterocycles. The van der Waals surface area contributed by atoms with Crippen LogP contribution in [0.15, 0.2) is 0 Å². The molecule has 0 amide bonds. The summed E-state index contributed by atoms with van der Waals surface area (Å²) in [7, 11) is 0. The summed E-state index contributed by atoms with van der Waals surface area (Å²) >= 11 is 0. The lowest BCUT2D eigenvalue weighted by Gasteiger charge is -2.33. The van der Waals surface area contributed by atoms with Crippen LogP contribution in [0.1, 0.15) is 33.1 Å². The van der Waals surface area contributed by atoms with E-state index in [-0.39, 0.29) is 12.6 Å². The van der Waals surface area contributed by atoms with Crippen LogP contribution in [0.3, 0.4) is 0 Å². The molecule has 5 heteroatoms. The van der Waals surface area contributed by atoms with E-state index in [1.165, 1.54) is 0 Å². The van der Waals surface area contributed by atoms with Gasteiger partial charge in [0, 0.05) is 19.1 Å². The molecule has 17 heavy (non-hydrogen) atoms. The summed E-state index contributed by atoms with van der Waals surface area (Å²) in [5.41, 5.74) is 0. The maximum Gasteiger partial charge on any atom is 0.390 e. The second-order valence-corrected chi connectivity index (χ2v) is 5.29. The van der Waals surface area contributed by atoms with Gasteiger partial charge in [-0.2, -0.15) is 13.2 Å². The zero-order chi connectivity index (χ0) is 12.9. The highest BCUT2D eigenvalue weighted by molar-refractivity contribution is 4.77. The summed E-state index contributed by atoms with van der Waals surface area (Å²) in [5, 5.41) is 3.01. The van der Waals surface area contributed by atoms with Crippen molar-refractivity contribution in [2.75, 3.05) is 26.2 Å². The minimum Gasteiger partial charge on any atom is -0.314 e. The van der Waals surface area contributed by atoms with E-state index in [0.29, 0.717) is 5.92 Å². The van der Waals surface area contributed by atoms with Crippen LogP contribution in [0.5, 0.6) is 0 Å². The number of halogens is 3. The standard InChI is InChI=1S/C12H23F3N2/c1-10(2)9-17-7-3-11(4-8-17)16-6-5-12(13,14)15/h10-11,16H,3-9H2,1-2H3. The first-order valence-electron chi connectivity index (χ1n) is 6.39. The lowest BCUT2D eigenvalue weighted by atomic mass is 10.0. The number of alkyl halides is 3. The van der Waals surface area contributed by atoms with Crippen molar-refractivity contribution in [1.82, 2.24) is 10.2 Å². The average Bonchev–Trinajstić information content (AvgIpc) is 2.18. The maximum atomic E-state index is 12.0. The van der Waals surface area contributed by atoms with Crippen LogP contribution in [-0.2, 0) is 0 Å². The summed E-state index contributed by atoms with van der Waals surface area (Å²) < 4.78 is 35.9. The molecule has 0 spiro atoms. The van der Waals surface area contributed by atoms with E-state index in [1.54, 1.807) is 0 Å². The highest BCUT2D eigenvalue weighted by Gasteiger charge is 2.27. The van der Waals surface area contributed by atoms with E-state index in [2.05, 4.69) is 24.1 Å². The van der Waals surface area contributed by atoms with E-state index >= 15 is 0 Å². The fraction of sp³-hybridized carbons (Fsp3) is 1.00. The Hall–Kier alpha value is -0.290. The van der Waals surface area contributed by atoms with Gasteiger partial charge in [-0.3, -0.25) is 0 Å². The summed E-state index contributed by atoms with van der Waals surface area (Å²) in [4.78, 5) is 2.40. The predicted molar refractivity (Wildman–Crippen MR) is 63.0 cm³/mol. The van der Waals surface area contributed by atoms with Crippen LogP contribution in [0, 0.1) is 5.92 Å². The summed E-state index contributed by atoms with van der Waals surface area (Å²) in [6.07, 6.45) is -2.83. The third kappa shape index (κ3) is 6.88. The fourth-order valence-electron chi connectivity index (χ4n) is 2.25. The van der Waals surface area contributed by atoms with Gasteiger partial charge in [-0.05, 0) is 31.8 Å².